The number of aromatic hydroxyl groups is 1. The van der Waals surface area contributed by atoms with Gasteiger partial charge in [-0.3, -0.25) is 15.5 Å². The summed E-state index contributed by atoms with van der Waals surface area (Å²) in [6.45, 7) is 9.05. The molecule has 1 N–H and O–H groups in total. The molecule has 7 heteroatoms. The van der Waals surface area contributed by atoms with E-state index in [2.05, 4.69) is 47.5 Å². The van der Waals surface area contributed by atoms with E-state index in [1.165, 1.54) is 0 Å². The van der Waals surface area contributed by atoms with Crippen LogP contribution in [0.25, 0.3) is 0 Å². The van der Waals surface area contributed by atoms with Gasteiger partial charge in [0.15, 0.2) is 0 Å². The van der Waals surface area contributed by atoms with Gasteiger partial charge in [-0.25, -0.2) is 0 Å². The Morgan fingerprint density at radius 2 is 1.81 bits per heavy atom. The van der Waals surface area contributed by atoms with Crippen LogP contribution in [0.1, 0.15) is 70.3 Å². The summed E-state index contributed by atoms with van der Waals surface area (Å²) in [6, 6.07) is 3.81. The van der Waals surface area contributed by atoms with Crippen molar-refractivity contribution in [1.29, 1.82) is 0 Å². The average molecular weight is 368 g/mol. The van der Waals surface area contributed by atoms with Crippen LogP contribution in [-0.2, 0) is 18.3 Å². The summed E-state index contributed by atoms with van der Waals surface area (Å²) in [5.74, 6) is 1.84. The van der Waals surface area contributed by atoms with Gasteiger partial charge in [0.2, 0.25) is 0 Å². The Balaban J connectivity index is 0.00000338. The monoisotopic (exact) mass is 368 g/mol. The molecule has 0 unspecified atom stereocenters. The molecule has 26 heavy (non-hydrogen) atoms. The van der Waals surface area contributed by atoms with Gasteiger partial charge in [-0.1, -0.05) is 40.5 Å². The van der Waals surface area contributed by atoms with Crippen molar-refractivity contribution in [3.8, 4) is 11.5 Å². The molecule has 0 radical (unpaired) electrons. The first-order valence-electron chi connectivity index (χ1n) is 9.14. The van der Waals surface area contributed by atoms with Crippen LogP contribution >= 0.6 is 0 Å². The Hall–Kier alpha value is -1.11. The van der Waals surface area contributed by atoms with Gasteiger partial charge in [-0.2, -0.15) is 0 Å². The van der Waals surface area contributed by atoms with Crippen molar-refractivity contribution in [2.24, 2.45) is 0 Å². The standard InChI is InChI=1S/C19H29N4O2.Na/c1-5-14-12-15(6-2)17(13-16(14)24)25-11-9-7-8-10-19(3,4)18-20-22-23-21-18;/h12-13H,5-11H2,1-4H3,(H-,20,21,22,23,24);/q-1;+1. The van der Waals surface area contributed by atoms with Crippen LogP contribution in [0.4, 0.5) is 0 Å². The van der Waals surface area contributed by atoms with Gasteiger partial charge in [-0.05, 0) is 42.9 Å². The van der Waals surface area contributed by atoms with Gasteiger partial charge in [0.1, 0.15) is 11.5 Å². The topological polar surface area (TPSA) is 82.2 Å². The quantitative estimate of drug-likeness (QED) is 0.488. The number of aryl methyl sites for hydroxylation is 2. The van der Waals surface area contributed by atoms with E-state index in [1.807, 2.05) is 6.92 Å². The van der Waals surface area contributed by atoms with Crippen LogP contribution in [0.5, 0.6) is 11.5 Å². The van der Waals surface area contributed by atoms with E-state index in [9.17, 15) is 5.11 Å². The number of nitrogens with zero attached hydrogens (tertiary/aromatic N) is 4. The van der Waals surface area contributed by atoms with Crippen LogP contribution < -0.4 is 39.5 Å². The van der Waals surface area contributed by atoms with Crippen molar-refractivity contribution in [2.45, 2.75) is 71.6 Å². The third-order valence-electron chi connectivity index (χ3n) is 4.65. The largest absolute Gasteiger partial charge is 1.00 e. The number of aromatic nitrogens is 4. The number of hydrogen-bond donors (Lipinski definition) is 1. The zero-order chi connectivity index (χ0) is 18.3. The maximum atomic E-state index is 10.0. The van der Waals surface area contributed by atoms with Crippen molar-refractivity contribution in [3.63, 3.8) is 0 Å². The summed E-state index contributed by atoms with van der Waals surface area (Å²) < 4.78 is 5.91. The van der Waals surface area contributed by atoms with E-state index >= 15 is 0 Å². The number of ether oxygens (including phenoxy) is 1. The predicted molar refractivity (Wildman–Crippen MR) is 97.0 cm³/mol. The van der Waals surface area contributed by atoms with Gasteiger partial charge in [0.05, 0.1) is 6.61 Å². The summed E-state index contributed by atoms with van der Waals surface area (Å²) in [5, 5.41) is 25.1. The Bertz CT molecular complexity index is 660. The molecule has 0 amide bonds. The van der Waals surface area contributed by atoms with E-state index < -0.39 is 0 Å². The smallest absolute Gasteiger partial charge is 0.508 e. The minimum Gasteiger partial charge on any atom is -0.508 e. The molecule has 0 aliphatic heterocycles. The van der Waals surface area contributed by atoms with E-state index in [0.717, 1.165) is 55.4 Å². The van der Waals surface area contributed by atoms with Crippen LogP contribution in [0, 0.1) is 0 Å². The van der Waals surface area contributed by atoms with Gasteiger partial charge in [0.25, 0.3) is 0 Å². The Labute approximate surface area is 178 Å². The second-order valence-electron chi connectivity index (χ2n) is 7.04. The summed E-state index contributed by atoms with van der Waals surface area (Å²) in [5.41, 5.74) is 2.04. The predicted octanol–water partition coefficient (Wildman–Crippen LogP) is 0.580. The number of hydrogen-bond acceptors (Lipinski definition) is 5. The summed E-state index contributed by atoms with van der Waals surface area (Å²) in [6.07, 6.45) is 5.85. The molecule has 0 atom stereocenters. The molecule has 0 aliphatic carbocycles. The minimum atomic E-state index is -0.0957. The zero-order valence-electron chi connectivity index (χ0n) is 16.7. The van der Waals surface area contributed by atoms with Crippen LogP contribution in [0.2, 0.25) is 0 Å². The molecule has 0 spiro atoms. The molecule has 1 heterocycles. The number of tetrazole rings is 1. The first-order chi connectivity index (χ1) is 12.0. The first-order valence-corrected chi connectivity index (χ1v) is 9.14. The van der Waals surface area contributed by atoms with Gasteiger partial charge >= 0.3 is 29.6 Å². The van der Waals surface area contributed by atoms with Gasteiger partial charge < -0.3 is 14.9 Å². The molecule has 0 aliphatic rings. The maximum absolute atomic E-state index is 10.0. The second-order valence-corrected chi connectivity index (χ2v) is 7.04. The van der Waals surface area contributed by atoms with E-state index in [4.69, 9.17) is 4.74 Å². The van der Waals surface area contributed by atoms with Crippen LogP contribution in [0.3, 0.4) is 0 Å². The third-order valence-corrected chi connectivity index (χ3v) is 4.65. The maximum Gasteiger partial charge on any atom is 1.00 e. The van der Waals surface area contributed by atoms with E-state index in [0.29, 0.717) is 18.2 Å². The molecule has 2 rings (SSSR count). The van der Waals surface area contributed by atoms with Crippen molar-refractivity contribution in [1.82, 2.24) is 20.6 Å². The number of phenolic OH excluding ortho intramolecular Hbond substituents is 1. The number of unbranched alkanes of at least 4 members (excludes halogenated alkanes) is 2. The number of rotatable bonds is 10. The Kier molecular flexibility index (Phi) is 9.61. The van der Waals surface area contributed by atoms with Gasteiger partial charge in [0, 0.05) is 17.3 Å². The van der Waals surface area contributed by atoms with Crippen molar-refractivity contribution in [3.05, 3.63) is 29.1 Å². The first kappa shape index (κ1) is 22.9. The molecule has 0 bridgehead atoms. The molecular weight excluding hydrogens is 339 g/mol. The minimum absolute atomic E-state index is 0. The zero-order valence-corrected chi connectivity index (χ0v) is 18.7. The fraction of sp³-hybridized carbons (Fsp3) is 0.632. The van der Waals surface area contributed by atoms with Gasteiger partial charge in [-0.15, -0.1) is 0 Å². The fourth-order valence-corrected chi connectivity index (χ4v) is 2.91. The van der Waals surface area contributed by atoms with E-state index in [1.54, 1.807) is 6.07 Å². The van der Waals surface area contributed by atoms with Crippen molar-refractivity contribution >= 4 is 0 Å². The van der Waals surface area contributed by atoms with Crippen LogP contribution in [-0.4, -0.2) is 27.1 Å². The van der Waals surface area contributed by atoms with Crippen molar-refractivity contribution in [2.75, 3.05) is 6.61 Å². The second kappa shape index (κ2) is 10.9. The molecule has 6 nitrogen and oxygen atoms in total. The Morgan fingerprint density at radius 1 is 1.08 bits per heavy atom. The van der Waals surface area contributed by atoms with Crippen LogP contribution in [0.15, 0.2) is 12.1 Å². The third kappa shape index (κ3) is 6.25. The molecule has 0 fully saturated rings. The number of phenols is 1. The van der Waals surface area contributed by atoms with Crippen molar-refractivity contribution < 1.29 is 39.4 Å². The summed E-state index contributed by atoms with van der Waals surface area (Å²) in [7, 11) is 0. The summed E-state index contributed by atoms with van der Waals surface area (Å²) in [4.78, 5) is 0. The van der Waals surface area contributed by atoms with E-state index in [-0.39, 0.29) is 35.0 Å². The fourth-order valence-electron chi connectivity index (χ4n) is 2.91. The molecule has 1 aromatic carbocycles. The average Bonchev–Trinajstić information content (AvgIpc) is 3.13. The molecule has 0 saturated carbocycles. The molecule has 0 saturated heterocycles. The molecule has 138 valence electrons. The summed E-state index contributed by atoms with van der Waals surface area (Å²) >= 11 is 0. The number of benzene rings is 1. The Morgan fingerprint density at radius 3 is 2.42 bits per heavy atom. The SMILES string of the molecule is CCc1cc(CC)c(OCCCCCC(C)(C)c2nn[n-]n2)cc1O.[Na+]. The normalized spacial score (nSPS) is 11.2. The molecule has 2 aromatic rings. The molecule has 1 aromatic heterocycles. The molecular formula is C19H29N4NaO2.